The molecule has 2 aliphatic rings. The molecular weight excluding hydrogens is 309 g/mol. The lowest BCUT2D eigenvalue weighted by Gasteiger charge is -2.40. The van der Waals surface area contributed by atoms with Crippen molar-refractivity contribution in [1.29, 1.82) is 0 Å². The van der Waals surface area contributed by atoms with Gasteiger partial charge in [0.2, 0.25) is 5.91 Å². The highest BCUT2D eigenvalue weighted by atomic mass is 19.1. The lowest BCUT2D eigenvalue weighted by Crippen LogP contribution is -2.45. The standard InChI is InChI=1S/C19H24FNO3/c1-3-10-24-17-12-19(16-11-14(20)4-5-15(16)17)6-8-21(9-7-19)18(22)13-23-2/h3-5,11,17H,1,6-10,12-13H2,2H3/t17-/m0/s1. The van der Waals surface area contributed by atoms with Crippen molar-refractivity contribution in [1.82, 2.24) is 4.90 Å². The Labute approximate surface area is 142 Å². The molecule has 1 spiro atoms. The first kappa shape index (κ1) is 17.1. The number of carbonyl (C=O) groups is 1. The van der Waals surface area contributed by atoms with Crippen molar-refractivity contribution < 1.29 is 18.7 Å². The van der Waals surface area contributed by atoms with Crippen molar-refractivity contribution in [2.24, 2.45) is 0 Å². The van der Waals surface area contributed by atoms with Gasteiger partial charge in [-0.25, -0.2) is 4.39 Å². The second kappa shape index (κ2) is 7.03. The summed E-state index contributed by atoms with van der Waals surface area (Å²) in [5.74, 6) is -0.195. The summed E-state index contributed by atoms with van der Waals surface area (Å²) in [7, 11) is 1.53. The Hall–Kier alpha value is -1.72. The third-order valence-corrected chi connectivity index (χ3v) is 5.27. The van der Waals surface area contributed by atoms with Gasteiger partial charge in [-0.1, -0.05) is 12.1 Å². The lowest BCUT2D eigenvalue weighted by atomic mass is 9.73. The molecule has 1 aliphatic heterocycles. The van der Waals surface area contributed by atoms with Crippen LogP contribution >= 0.6 is 0 Å². The van der Waals surface area contributed by atoms with Crippen molar-refractivity contribution in [2.75, 3.05) is 33.4 Å². The van der Waals surface area contributed by atoms with Crippen molar-refractivity contribution in [2.45, 2.75) is 30.8 Å². The van der Waals surface area contributed by atoms with E-state index in [1.807, 2.05) is 11.0 Å². The van der Waals surface area contributed by atoms with Gasteiger partial charge in [0.15, 0.2) is 0 Å². The van der Waals surface area contributed by atoms with Gasteiger partial charge < -0.3 is 14.4 Å². The molecule has 1 aliphatic carbocycles. The Kier molecular flexibility index (Phi) is 5.01. The van der Waals surface area contributed by atoms with Crippen LogP contribution < -0.4 is 0 Å². The van der Waals surface area contributed by atoms with Gasteiger partial charge in [-0.15, -0.1) is 6.58 Å². The molecule has 1 fully saturated rings. The number of methoxy groups -OCH3 is 1. The Morgan fingerprint density at radius 3 is 2.88 bits per heavy atom. The van der Waals surface area contributed by atoms with Crippen molar-refractivity contribution >= 4 is 5.91 Å². The molecular formula is C19H24FNO3. The van der Waals surface area contributed by atoms with Crippen LogP contribution in [0.1, 0.15) is 36.5 Å². The number of rotatable bonds is 5. The summed E-state index contributed by atoms with van der Waals surface area (Å²) in [5, 5.41) is 0. The Bertz CT molecular complexity index is 623. The average molecular weight is 333 g/mol. The van der Waals surface area contributed by atoms with E-state index in [1.165, 1.54) is 13.2 Å². The van der Waals surface area contributed by atoms with Gasteiger partial charge in [-0.3, -0.25) is 4.79 Å². The number of hydrogen-bond acceptors (Lipinski definition) is 3. The Balaban J connectivity index is 1.81. The van der Waals surface area contributed by atoms with Crippen LogP contribution in [0.2, 0.25) is 0 Å². The summed E-state index contributed by atoms with van der Waals surface area (Å²) < 4.78 is 24.7. The Morgan fingerprint density at radius 1 is 1.46 bits per heavy atom. The van der Waals surface area contributed by atoms with E-state index in [2.05, 4.69) is 6.58 Å². The zero-order valence-electron chi connectivity index (χ0n) is 14.1. The van der Waals surface area contributed by atoms with Gasteiger partial charge in [0, 0.05) is 25.6 Å². The summed E-state index contributed by atoms with van der Waals surface area (Å²) in [6.07, 6.45) is 4.20. The molecule has 0 bridgehead atoms. The normalized spacial score (nSPS) is 21.8. The lowest BCUT2D eigenvalue weighted by molar-refractivity contribution is -0.136. The molecule has 1 aromatic carbocycles. The van der Waals surface area contributed by atoms with Gasteiger partial charge >= 0.3 is 0 Å². The maximum Gasteiger partial charge on any atom is 0.248 e. The third kappa shape index (κ3) is 3.10. The highest BCUT2D eigenvalue weighted by molar-refractivity contribution is 5.77. The fourth-order valence-corrected chi connectivity index (χ4v) is 4.05. The van der Waals surface area contributed by atoms with Gasteiger partial charge in [-0.05, 0) is 42.5 Å². The molecule has 24 heavy (non-hydrogen) atoms. The van der Waals surface area contributed by atoms with Crippen LogP contribution in [-0.2, 0) is 19.7 Å². The summed E-state index contributed by atoms with van der Waals surface area (Å²) in [5.41, 5.74) is 2.03. The number of fused-ring (bicyclic) bond motifs is 2. The maximum atomic E-state index is 13.8. The fourth-order valence-electron chi connectivity index (χ4n) is 4.05. The number of amides is 1. The molecule has 1 atom stereocenters. The van der Waals surface area contributed by atoms with E-state index in [0.29, 0.717) is 19.7 Å². The van der Waals surface area contributed by atoms with Gasteiger partial charge in [0.25, 0.3) is 0 Å². The van der Waals surface area contributed by atoms with Crippen LogP contribution in [-0.4, -0.2) is 44.2 Å². The number of halogens is 1. The molecule has 4 nitrogen and oxygen atoms in total. The SMILES string of the molecule is C=CCO[C@H]1CC2(CCN(C(=O)COC)CC2)c2cc(F)ccc21. The first-order valence-electron chi connectivity index (χ1n) is 8.39. The van der Waals surface area contributed by atoms with Crippen LogP contribution in [0.3, 0.4) is 0 Å². The zero-order valence-corrected chi connectivity index (χ0v) is 14.1. The summed E-state index contributed by atoms with van der Waals surface area (Å²) in [6, 6.07) is 4.99. The first-order valence-corrected chi connectivity index (χ1v) is 8.39. The number of carbonyl (C=O) groups excluding carboxylic acids is 1. The van der Waals surface area contributed by atoms with E-state index < -0.39 is 0 Å². The number of piperidine rings is 1. The molecule has 0 unspecified atom stereocenters. The van der Waals surface area contributed by atoms with E-state index in [-0.39, 0.29) is 29.9 Å². The van der Waals surface area contributed by atoms with Crippen molar-refractivity contribution in [3.8, 4) is 0 Å². The van der Waals surface area contributed by atoms with Gasteiger partial charge in [-0.2, -0.15) is 0 Å². The van der Waals surface area contributed by atoms with Crippen LogP contribution in [0.25, 0.3) is 0 Å². The predicted molar refractivity (Wildman–Crippen MR) is 89.3 cm³/mol. The number of benzene rings is 1. The van der Waals surface area contributed by atoms with E-state index in [1.54, 1.807) is 12.1 Å². The predicted octanol–water partition coefficient (Wildman–Crippen LogP) is 2.98. The van der Waals surface area contributed by atoms with E-state index in [9.17, 15) is 9.18 Å². The largest absolute Gasteiger partial charge is 0.375 e. The second-order valence-corrected chi connectivity index (χ2v) is 6.64. The second-order valence-electron chi connectivity index (χ2n) is 6.64. The summed E-state index contributed by atoms with van der Waals surface area (Å²) >= 11 is 0. The zero-order chi connectivity index (χ0) is 17.2. The molecule has 1 aromatic rings. The quantitative estimate of drug-likeness (QED) is 0.778. The van der Waals surface area contributed by atoms with Crippen LogP contribution in [0.15, 0.2) is 30.9 Å². The topological polar surface area (TPSA) is 38.8 Å². The summed E-state index contributed by atoms with van der Waals surface area (Å²) in [6.45, 7) is 5.64. The Morgan fingerprint density at radius 2 is 2.21 bits per heavy atom. The number of nitrogens with zero attached hydrogens (tertiary/aromatic N) is 1. The third-order valence-electron chi connectivity index (χ3n) is 5.27. The monoisotopic (exact) mass is 333 g/mol. The smallest absolute Gasteiger partial charge is 0.248 e. The average Bonchev–Trinajstić information content (AvgIpc) is 2.87. The maximum absolute atomic E-state index is 13.8. The van der Waals surface area contributed by atoms with E-state index in [0.717, 1.165) is 30.4 Å². The van der Waals surface area contributed by atoms with Crippen molar-refractivity contribution in [3.63, 3.8) is 0 Å². The molecule has 5 heteroatoms. The molecule has 0 N–H and O–H groups in total. The number of ether oxygens (including phenoxy) is 2. The minimum Gasteiger partial charge on any atom is -0.375 e. The summed E-state index contributed by atoms with van der Waals surface area (Å²) in [4.78, 5) is 13.9. The van der Waals surface area contributed by atoms with Gasteiger partial charge in [0.05, 0.1) is 12.7 Å². The molecule has 0 radical (unpaired) electrons. The highest BCUT2D eigenvalue weighted by Crippen LogP contribution is 2.52. The van der Waals surface area contributed by atoms with Crippen LogP contribution in [0, 0.1) is 5.82 Å². The molecule has 0 saturated carbocycles. The fraction of sp³-hybridized carbons (Fsp3) is 0.526. The molecule has 1 heterocycles. The van der Waals surface area contributed by atoms with Crippen LogP contribution in [0.5, 0.6) is 0 Å². The van der Waals surface area contributed by atoms with Crippen molar-refractivity contribution in [3.05, 3.63) is 47.8 Å². The van der Waals surface area contributed by atoms with Crippen LogP contribution in [0.4, 0.5) is 4.39 Å². The molecule has 1 saturated heterocycles. The molecule has 130 valence electrons. The number of likely N-dealkylation sites (tertiary alicyclic amines) is 1. The first-order chi connectivity index (χ1) is 11.6. The minimum atomic E-state index is -0.213. The molecule has 1 amide bonds. The van der Waals surface area contributed by atoms with Gasteiger partial charge in [0.1, 0.15) is 12.4 Å². The number of hydrogen-bond donors (Lipinski definition) is 0. The molecule has 3 rings (SSSR count). The minimum absolute atomic E-state index is 0.0178. The molecule has 0 aromatic heterocycles. The van der Waals surface area contributed by atoms with E-state index >= 15 is 0 Å². The van der Waals surface area contributed by atoms with E-state index in [4.69, 9.17) is 9.47 Å². The highest BCUT2D eigenvalue weighted by Gasteiger charge is 2.46.